The van der Waals surface area contributed by atoms with Crippen molar-refractivity contribution in [3.8, 4) is 0 Å². The zero-order valence-corrected chi connectivity index (χ0v) is 10.8. The van der Waals surface area contributed by atoms with Gasteiger partial charge in [0.2, 0.25) is 0 Å². The number of nitrogens with two attached hydrogens (primary N) is 1. The number of pyridine rings is 1. The Morgan fingerprint density at radius 1 is 1.53 bits per heavy atom. The van der Waals surface area contributed by atoms with E-state index in [4.69, 9.17) is 10.8 Å². The van der Waals surface area contributed by atoms with E-state index in [0.717, 1.165) is 19.3 Å². The molecule has 0 fully saturated rings. The Morgan fingerprint density at radius 3 is 3.05 bits per heavy atom. The minimum absolute atomic E-state index is 0.170. The Morgan fingerprint density at radius 2 is 2.37 bits per heavy atom. The van der Waals surface area contributed by atoms with Crippen LogP contribution in [0.2, 0.25) is 0 Å². The van der Waals surface area contributed by atoms with Gasteiger partial charge in [0.25, 0.3) is 5.91 Å². The molecule has 0 radical (unpaired) electrons. The Bertz CT molecular complexity index is 486. The van der Waals surface area contributed by atoms with Crippen molar-refractivity contribution in [2.45, 2.75) is 25.9 Å². The lowest BCUT2D eigenvalue weighted by Gasteiger charge is -2.18. The molecule has 0 aliphatic heterocycles. The number of amides is 1. The smallest absolute Gasteiger partial charge is 0.252 e. The molecule has 0 bridgehead atoms. The first-order valence-corrected chi connectivity index (χ1v) is 6.49. The highest BCUT2D eigenvalue weighted by Crippen LogP contribution is 2.17. The Hall–Kier alpha value is -1.88. The van der Waals surface area contributed by atoms with E-state index in [0.29, 0.717) is 23.6 Å². The van der Waals surface area contributed by atoms with Crippen LogP contribution in [0.1, 0.15) is 35.2 Å². The van der Waals surface area contributed by atoms with Crippen molar-refractivity contribution in [3.63, 3.8) is 0 Å². The number of allylic oxidation sites excluding steroid dienone is 2. The van der Waals surface area contributed by atoms with Gasteiger partial charge in [-0.1, -0.05) is 12.2 Å². The number of rotatable bonds is 4. The lowest BCUT2D eigenvalue weighted by Crippen LogP contribution is -2.30. The van der Waals surface area contributed by atoms with Crippen molar-refractivity contribution in [1.82, 2.24) is 10.3 Å². The van der Waals surface area contributed by atoms with E-state index in [1.807, 2.05) is 0 Å². The third kappa shape index (κ3) is 3.54. The fourth-order valence-electron chi connectivity index (χ4n) is 2.15. The molecule has 1 aliphatic rings. The summed E-state index contributed by atoms with van der Waals surface area (Å²) in [5.41, 5.74) is 6.50. The number of aliphatic hydroxyl groups is 1. The first-order valence-electron chi connectivity index (χ1n) is 6.49. The quantitative estimate of drug-likeness (QED) is 0.712. The van der Waals surface area contributed by atoms with Crippen LogP contribution in [0.3, 0.4) is 0 Å². The zero-order chi connectivity index (χ0) is 13.7. The lowest BCUT2D eigenvalue weighted by molar-refractivity contribution is 0.0945. The fraction of sp³-hybridized carbons (Fsp3) is 0.429. The van der Waals surface area contributed by atoms with Gasteiger partial charge in [0, 0.05) is 18.3 Å². The predicted molar refractivity (Wildman–Crippen MR) is 73.4 cm³/mol. The van der Waals surface area contributed by atoms with Crippen LogP contribution < -0.4 is 11.1 Å². The minimum atomic E-state index is -0.215. The van der Waals surface area contributed by atoms with Gasteiger partial charge in [0.15, 0.2) is 0 Å². The van der Waals surface area contributed by atoms with Crippen LogP contribution in [0.5, 0.6) is 0 Å². The molecular weight excluding hydrogens is 242 g/mol. The molecule has 1 aromatic heterocycles. The van der Waals surface area contributed by atoms with Gasteiger partial charge >= 0.3 is 0 Å². The number of aliphatic hydroxyl groups excluding tert-OH is 1. The molecule has 1 heterocycles. The van der Waals surface area contributed by atoms with Gasteiger partial charge in [-0.2, -0.15) is 0 Å². The summed E-state index contributed by atoms with van der Waals surface area (Å²) in [5.74, 6) is 0.598. The number of nitrogens with one attached hydrogen (secondary N) is 1. The Balaban J connectivity index is 1.94. The van der Waals surface area contributed by atoms with E-state index in [1.165, 1.54) is 6.20 Å². The molecule has 1 amide bonds. The molecule has 1 unspecified atom stereocenters. The standard InChI is InChI=1S/C14H19N3O2/c15-13-12(9-18)6-11(8-16-13)14(19)17-7-10-4-2-1-3-5-10/h1-2,6,8,10,18H,3-5,7,9H2,(H2,15,16)(H,17,19). The first-order chi connectivity index (χ1) is 9.20. The average molecular weight is 261 g/mol. The molecule has 0 saturated heterocycles. The molecule has 0 aromatic carbocycles. The average Bonchev–Trinajstić information content (AvgIpc) is 2.46. The molecular formula is C14H19N3O2. The van der Waals surface area contributed by atoms with Crippen LogP contribution in [0.25, 0.3) is 0 Å². The summed E-state index contributed by atoms with van der Waals surface area (Å²) in [4.78, 5) is 15.9. The molecule has 4 N–H and O–H groups in total. The molecule has 102 valence electrons. The van der Waals surface area contributed by atoms with Crippen LogP contribution >= 0.6 is 0 Å². The highest BCUT2D eigenvalue weighted by Gasteiger charge is 2.13. The topological polar surface area (TPSA) is 88.2 Å². The van der Waals surface area contributed by atoms with E-state index in [2.05, 4.69) is 22.5 Å². The van der Waals surface area contributed by atoms with Gasteiger partial charge in [-0.3, -0.25) is 4.79 Å². The van der Waals surface area contributed by atoms with Gasteiger partial charge in [-0.15, -0.1) is 0 Å². The second-order valence-electron chi connectivity index (χ2n) is 4.79. The first kappa shape index (κ1) is 13.5. The minimum Gasteiger partial charge on any atom is -0.392 e. The monoisotopic (exact) mass is 261 g/mol. The maximum atomic E-state index is 12.0. The number of nitrogens with zero attached hydrogens (tertiary/aromatic N) is 1. The van der Waals surface area contributed by atoms with Crippen LogP contribution in [0.15, 0.2) is 24.4 Å². The van der Waals surface area contributed by atoms with Crippen molar-refractivity contribution < 1.29 is 9.90 Å². The van der Waals surface area contributed by atoms with E-state index < -0.39 is 0 Å². The van der Waals surface area contributed by atoms with Gasteiger partial charge in [-0.05, 0) is 31.2 Å². The summed E-state index contributed by atoms with van der Waals surface area (Å²) < 4.78 is 0. The van der Waals surface area contributed by atoms with Crippen LogP contribution in [-0.2, 0) is 6.61 Å². The number of hydrogen-bond acceptors (Lipinski definition) is 4. The largest absolute Gasteiger partial charge is 0.392 e. The molecule has 1 aliphatic carbocycles. The van der Waals surface area contributed by atoms with E-state index in [9.17, 15) is 4.79 Å². The van der Waals surface area contributed by atoms with Gasteiger partial charge in [0.05, 0.1) is 12.2 Å². The highest BCUT2D eigenvalue weighted by atomic mass is 16.3. The number of anilines is 1. The second kappa shape index (κ2) is 6.33. The SMILES string of the molecule is Nc1ncc(C(=O)NCC2CC=CCC2)cc1CO. The number of aromatic nitrogens is 1. The van der Waals surface area contributed by atoms with Crippen molar-refractivity contribution in [2.24, 2.45) is 5.92 Å². The highest BCUT2D eigenvalue weighted by molar-refractivity contribution is 5.94. The maximum absolute atomic E-state index is 12.0. The number of hydrogen-bond donors (Lipinski definition) is 3. The van der Waals surface area contributed by atoms with Crippen molar-refractivity contribution in [2.75, 3.05) is 12.3 Å². The molecule has 1 aromatic rings. The second-order valence-corrected chi connectivity index (χ2v) is 4.79. The van der Waals surface area contributed by atoms with Crippen LogP contribution in [0, 0.1) is 5.92 Å². The maximum Gasteiger partial charge on any atom is 0.252 e. The number of carbonyl (C=O) groups is 1. The van der Waals surface area contributed by atoms with Crippen molar-refractivity contribution in [1.29, 1.82) is 0 Å². The molecule has 0 spiro atoms. The van der Waals surface area contributed by atoms with E-state index in [1.54, 1.807) is 6.07 Å². The Kier molecular flexibility index (Phi) is 4.52. The number of nitrogen functional groups attached to an aromatic ring is 1. The molecule has 1 atom stereocenters. The third-order valence-electron chi connectivity index (χ3n) is 3.36. The summed E-state index contributed by atoms with van der Waals surface area (Å²) in [6.45, 7) is 0.454. The molecule has 2 rings (SSSR count). The van der Waals surface area contributed by atoms with Crippen LogP contribution in [0.4, 0.5) is 5.82 Å². The predicted octanol–water partition coefficient (Wildman–Crippen LogP) is 1.24. The zero-order valence-electron chi connectivity index (χ0n) is 10.8. The summed E-state index contributed by atoms with van der Waals surface area (Å²) >= 11 is 0. The van der Waals surface area contributed by atoms with Crippen molar-refractivity contribution >= 4 is 11.7 Å². The van der Waals surface area contributed by atoms with E-state index >= 15 is 0 Å². The molecule has 5 heteroatoms. The molecule has 0 saturated carbocycles. The molecule has 5 nitrogen and oxygen atoms in total. The Labute approximate surface area is 112 Å². The number of carbonyl (C=O) groups excluding carboxylic acids is 1. The van der Waals surface area contributed by atoms with Gasteiger partial charge in [-0.25, -0.2) is 4.98 Å². The summed E-state index contributed by atoms with van der Waals surface area (Å²) in [6, 6.07) is 1.58. The van der Waals surface area contributed by atoms with Crippen LogP contribution in [-0.4, -0.2) is 22.5 Å². The van der Waals surface area contributed by atoms with E-state index in [-0.39, 0.29) is 18.3 Å². The normalized spacial score (nSPS) is 18.3. The third-order valence-corrected chi connectivity index (χ3v) is 3.36. The van der Waals surface area contributed by atoms with Gasteiger partial charge in [0.1, 0.15) is 5.82 Å². The van der Waals surface area contributed by atoms with Gasteiger partial charge < -0.3 is 16.2 Å². The summed E-state index contributed by atoms with van der Waals surface area (Å²) in [7, 11) is 0. The fourth-order valence-corrected chi connectivity index (χ4v) is 2.15. The summed E-state index contributed by atoms with van der Waals surface area (Å²) in [5, 5.41) is 12.0. The van der Waals surface area contributed by atoms with Crippen molar-refractivity contribution in [3.05, 3.63) is 35.5 Å². The molecule has 19 heavy (non-hydrogen) atoms. The summed E-state index contributed by atoms with van der Waals surface area (Å²) in [6.07, 6.45) is 8.98. The lowest BCUT2D eigenvalue weighted by atomic mass is 9.94.